The Kier molecular flexibility index (Phi) is 6.04. The highest BCUT2D eigenvalue weighted by Gasteiger charge is 2.30. The van der Waals surface area contributed by atoms with Crippen molar-refractivity contribution in [2.75, 3.05) is 26.2 Å². The molecule has 2 aliphatic rings. The van der Waals surface area contributed by atoms with Crippen molar-refractivity contribution in [2.24, 2.45) is 0 Å². The molecule has 32 heavy (non-hydrogen) atoms. The van der Waals surface area contributed by atoms with Gasteiger partial charge in [0.1, 0.15) is 11.9 Å². The van der Waals surface area contributed by atoms with E-state index in [0.29, 0.717) is 6.04 Å². The summed E-state index contributed by atoms with van der Waals surface area (Å²) in [6.45, 7) is 5.83. The minimum Gasteiger partial charge on any atom is -0.490 e. The summed E-state index contributed by atoms with van der Waals surface area (Å²) in [6, 6.07) is 12.3. The van der Waals surface area contributed by atoms with Crippen LogP contribution in [0, 0.1) is 6.92 Å². The molecular weight excluding hydrogens is 400 g/mol. The van der Waals surface area contributed by atoms with Crippen molar-refractivity contribution in [1.82, 2.24) is 19.8 Å². The number of carbonyl (C=O) groups is 1. The maximum absolute atomic E-state index is 13.1. The monoisotopic (exact) mass is 430 g/mol. The molecule has 5 rings (SSSR count). The largest absolute Gasteiger partial charge is 0.490 e. The molecule has 2 saturated heterocycles. The number of piperidine rings is 2. The Morgan fingerprint density at radius 1 is 0.938 bits per heavy atom. The number of likely N-dealkylation sites (tertiary alicyclic amines) is 2. The zero-order valence-corrected chi connectivity index (χ0v) is 18.6. The van der Waals surface area contributed by atoms with E-state index in [0.717, 1.165) is 79.6 Å². The van der Waals surface area contributed by atoms with Crippen LogP contribution >= 0.6 is 0 Å². The molecule has 0 spiro atoms. The molecule has 1 aromatic carbocycles. The molecular formula is C26H30N4O2. The van der Waals surface area contributed by atoms with Gasteiger partial charge in [0.05, 0.1) is 5.52 Å². The van der Waals surface area contributed by atoms with E-state index in [1.54, 1.807) is 12.4 Å². The fourth-order valence-corrected chi connectivity index (χ4v) is 5.00. The summed E-state index contributed by atoms with van der Waals surface area (Å²) in [5.74, 6) is 1.04. The van der Waals surface area contributed by atoms with Crippen LogP contribution in [0.15, 0.2) is 55.0 Å². The third kappa shape index (κ3) is 4.46. The van der Waals surface area contributed by atoms with Crippen molar-refractivity contribution in [2.45, 2.75) is 44.8 Å². The molecule has 1 amide bonds. The van der Waals surface area contributed by atoms with Gasteiger partial charge in [-0.3, -0.25) is 19.7 Å². The number of nitrogens with zero attached hydrogens (tertiary/aromatic N) is 4. The average molecular weight is 431 g/mol. The Labute approximate surface area is 189 Å². The molecule has 166 valence electrons. The Balaban J connectivity index is 1.14. The third-order valence-corrected chi connectivity index (χ3v) is 6.90. The first-order chi connectivity index (χ1) is 15.7. The van der Waals surface area contributed by atoms with Crippen molar-refractivity contribution in [3.8, 4) is 5.75 Å². The zero-order chi connectivity index (χ0) is 21.9. The van der Waals surface area contributed by atoms with Crippen LogP contribution in [0.5, 0.6) is 5.75 Å². The Morgan fingerprint density at radius 2 is 1.69 bits per heavy atom. The number of carbonyl (C=O) groups excluding carboxylic acids is 1. The molecule has 2 aromatic heterocycles. The number of aromatic nitrogens is 2. The molecule has 4 heterocycles. The first-order valence-corrected chi connectivity index (χ1v) is 11.6. The van der Waals surface area contributed by atoms with Gasteiger partial charge in [-0.2, -0.15) is 0 Å². The number of aryl methyl sites for hydroxylation is 1. The van der Waals surface area contributed by atoms with Crippen LogP contribution in [0.2, 0.25) is 0 Å². The van der Waals surface area contributed by atoms with Gasteiger partial charge in [0.25, 0.3) is 5.91 Å². The smallest absolute Gasteiger partial charge is 0.253 e. The van der Waals surface area contributed by atoms with Crippen molar-refractivity contribution in [1.29, 1.82) is 0 Å². The van der Waals surface area contributed by atoms with Gasteiger partial charge in [0, 0.05) is 61.8 Å². The van der Waals surface area contributed by atoms with Crippen LogP contribution in [-0.2, 0) is 0 Å². The molecule has 0 bridgehead atoms. The van der Waals surface area contributed by atoms with E-state index in [1.165, 1.54) is 0 Å². The molecule has 0 N–H and O–H groups in total. The van der Waals surface area contributed by atoms with Crippen LogP contribution < -0.4 is 4.74 Å². The molecule has 3 aromatic rings. The fourth-order valence-electron chi connectivity index (χ4n) is 5.00. The highest BCUT2D eigenvalue weighted by Crippen LogP contribution is 2.25. The van der Waals surface area contributed by atoms with E-state index in [1.807, 2.05) is 47.5 Å². The Morgan fingerprint density at radius 3 is 2.44 bits per heavy atom. The predicted octanol–water partition coefficient (Wildman–Crippen LogP) is 4.09. The summed E-state index contributed by atoms with van der Waals surface area (Å²) in [6.07, 6.45) is 9.81. The molecule has 2 aliphatic heterocycles. The van der Waals surface area contributed by atoms with Crippen molar-refractivity contribution >= 4 is 16.8 Å². The number of hydrogen-bond donors (Lipinski definition) is 0. The van der Waals surface area contributed by atoms with Crippen molar-refractivity contribution in [3.63, 3.8) is 0 Å². The predicted molar refractivity (Wildman–Crippen MR) is 125 cm³/mol. The molecule has 6 nitrogen and oxygen atoms in total. The number of pyridine rings is 2. The van der Waals surface area contributed by atoms with Crippen LogP contribution in [0.4, 0.5) is 0 Å². The topological polar surface area (TPSA) is 58.6 Å². The van der Waals surface area contributed by atoms with Gasteiger partial charge < -0.3 is 9.64 Å². The van der Waals surface area contributed by atoms with Gasteiger partial charge in [-0.1, -0.05) is 0 Å². The minimum atomic E-state index is 0.137. The SMILES string of the molecule is Cc1ccnc2ccc(C(=O)N3CCC(N4CCC(Oc5ccncc5)CC4)CC3)cc12. The summed E-state index contributed by atoms with van der Waals surface area (Å²) < 4.78 is 6.10. The number of benzene rings is 1. The lowest BCUT2D eigenvalue weighted by Crippen LogP contribution is -2.50. The van der Waals surface area contributed by atoms with E-state index in [-0.39, 0.29) is 12.0 Å². The van der Waals surface area contributed by atoms with Crippen LogP contribution in [0.25, 0.3) is 10.9 Å². The van der Waals surface area contributed by atoms with Gasteiger partial charge in [-0.15, -0.1) is 0 Å². The van der Waals surface area contributed by atoms with E-state index in [2.05, 4.69) is 21.8 Å². The molecule has 0 atom stereocenters. The summed E-state index contributed by atoms with van der Waals surface area (Å²) in [4.78, 5) is 26.2. The first kappa shape index (κ1) is 20.9. The van der Waals surface area contributed by atoms with Crippen molar-refractivity contribution < 1.29 is 9.53 Å². The summed E-state index contributed by atoms with van der Waals surface area (Å²) in [5, 5.41) is 1.06. The fraction of sp³-hybridized carbons (Fsp3) is 0.423. The molecule has 2 fully saturated rings. The average Bonchev–Trinajstić information content (AvgIpc) is 2.85. The number of fused-ring (bicyclic) bond motifs is 1. The molecule has 6 heteroatoms. The summed E-state index contributed by atoms with van der Waals surface area (Å²) >= 11 is 0. The van der Waals surface area contributed by atoms with Gasteiger partial charge >= 0.3 is 0 Å². The Hall–Kier alpha value is -2.99. The standard InChI is InChI=1S/C26H30N4O2/c1-19-4-13-28-25-3-2-20(18-24(19)25)26(31)30-14-7-21(8-15-30)29-16-9-23(10-17-29)32-22-5-11-27-12-6-22/h2-6,11-13,18,21,23H,7-10,14-17H2,1H3. The highest BCUT2D eigenvalue weighted by molar-refractivity contribution is 5.98. The maximum Gasteiger partial charge on any atom is 0.253 e. The second-order valence-electron chi connectivity index (χ2n) is 8.92. The number of ether oxygens (including phenoxy) is 1. The lowest BCUT2D eigenvalue weighted by Gasteiger charge is -2.41. The van der Waals surface area contributed by atoms with Crippen LogP contribution in [0.3, 0.4) is 0 Å². The van der Waals surface area contributed by atoms with E-state index >= 15 is 0 Å². The number of hydrogen-bond acceptors (Lipinski definition) is 5. The van der Waals surface area contributed by atoms with Gasteiger partial charge in [0.15, 0.2) is 0 Å². The molecule has 0 radical (unpaired) electrons. The van der Waals surface area contributed by atoms with E-state index in [4.69, 9.17) is 4.74 Å². The summed E-state index contributed by atoms with van der Waals surface area (Å²) in [5.41, 5.74) is 2.86. The normalized spacial score (nSPS) is 18.7. The maximum atomic E-state index is 13.1. The van der Waals surface area contributed by atoms with Crippen molar-refractivity contribution in [3.05, 3.63) is 66.1 Å². The lowest BCUT2D eigenvalue weighted by molar-refractivity contribution is 0.0425. The summed E-state index contributed by atoms with van der Waals surface area (Å²) in [7, 11) is 0. The molecule has 0 aliphatic carbocycles. The molecule has 0 unspecified atom stereocenters. The van der Waals surface area contributed by atoms with E-state index in [9.17, 15) is 4.79 Å². The lowest BCUT2D eigenvalue weighted by atomic mass is 9.98. The molecule has 0 saturated carbocycles. The first-order valence-electron chi connectivity index (χ1n) is 11.6. The van der Waals surface area contributed by atoms with E-state index < -0.39 is 0 Å². The number of amides is 1. The van der Waals surface area contributed by atoms with Crippen LogP contribution in [0.1, 0.15) is 41.6 Å². The zero-order valence-electron chi connectivity index (χ0n) is 18.6. The van der Waals surface area contributed by atoms with Gasteiger partial charge in [0.2, 0.25) is 0 Å². The highest BCUT2D eigenvalue weighted by atomic mass is 16.5. The third-order valence-electron chi connectivity index (χ3n) is 6.90. The second kappa shape index (κ2) is 9.25. The Bertz CT molecular complexity index is 1070. The van der Waals surface area contributed by atoms with Gasteiger partial charge in [-0.25, -0.2) is 0 Å². The second-order valence-corrected chi connectivity index (χ2v) is 8.92. The minimum absolute atomic E-state index is 0.137. The van der Waals surface area contributed by atoms with Crippen LogP contribution in [-0.4, -0.2) is 64.0 Å². The van der Waals surface area contributed by atoms with Gasteiger partial charge in [-0.05, 0) is 74.6 Å². The number of rotatable bonds is 4. The quantitative estimate of drug-likeness (QED) is 0.624.